The molecule has 156 valence electrons. The molecule has 3 heterocycles. The number of carbonyl (C=O) groups is 1. The van der Waals surface area contributed by atoms with Crippen LogP contribution >= 0.6 is 0 Å². The Morgan fingerprint density at radius 1 is 1.36 bits per heavy atom. The fourth-order valence-corrected chi connectivity index (χ4v) is 8.49. The number of esters is 1. The van der Waals surface area contributed by atoms with E-state index in [-0.39, 0.29) is 5.97 Å². The molecular weight excluding hydrogens is 380 g/mol. The van der Waals surface area contributed by atoms with Gasteiger partial charge in [-0.1, -0.05) is 26.7 Å². The van der Waals surface area contributed by atoms with Crippen molar-refractivity contribution in [2.75, 3.05) is 6.61 Å². The molecule has 1 aromatic rings. The zero-order valence-electron chi connectivity index (χ0n) is 17.0. The molecule has 3 rings (SSSR count). The maximum Gasteiger partial charge on any atom is 0.330 e. The fourth-order valence-electron chi connectivity index (χ4n) is 4.27. The Bertz CT molecular complexity index is 826. The average molecular weight is 411 g/mol. The second-order valence-corrected chi connectivity index (χ2v) is 12.8. The van der Waals surface area contributed by atoms with Crippen LogP contribution in [-0.4, -0.2) is 42.7 Å². The van der Waals surface area contributed by atoms with Crippen LogP contribution in [0.25, 0.3) is 0 Å². The summed E-state index contributed by atoms with van der Waals surface area (Å²) in [5.41, 5.74) is -0.0118. The minimum atomic E-state index is -1.81. The molecule has 0 radical (unpaired) electrons. The van der Waals surface area contributed by atoms with Gasteiger partial charge in [-0.25, -0.2) is 4.79 Å². The van der Waals surface area contributed by atoms with Crippen molar-refractivity contribution in [2.45, 2.75) is 83.0 Å². The summed E-state index contributed by atoms with van der Waals surface area (Å²) in [6.45, 7) is 7.80. The fraction of sp³-hybridized carbons (Fsp3) is 0.737. The standard InChI is InChI=1S/C19H30N2O6Si/c1-12(2)28(7-5-6-8-28)25-11-16-15(26-14(4)22)9-17(27-16)21-10-13(3)18(23)20-19(21)24/h10,12,15-17H,5-9,11H2,1-4H3,(H,20,23,24)/t15?,16-,17-/m0/s1. The quantitative estimate of drug-likeness (QED) is 0.570. The van der Waals surface area contributed by atoms with Crippen molar-refractivity contribution in [3.63, 3.8) is 0 Å². The van der Waals surface area contributed by atoms with E-state index in [1.807, 2.05) is 0 Å². The molecule has 9 heteroatoms. The highest BCUT2D eigenvalue weighted by atomic mass is 28.4. The molecule has 0 saturated carbocycles. The molecule has 3 atom stereocenters. The normalized spacial score (nSPS) is 26.7. The van der Waals surface area contributed by atoms with Crippen molar-refractivity contribution in [3.05, 3.63) is 32.6 Å². The summed E-state index contributed by atoms with van der Waals surface area (Å²) < 4.78 is 19.4. The molecule has 2 aliphatic heterocycles. The van der Waals surface area contributed by atoms with Crippen LogP contribution in [0.15, 0.2) is 15.8 Å². The molecule has 28 heavy (non-hydrogen) atoms. The van der Waals surface area contributed by atoms with Crippen molar-refractivity contribution >= 4 is 14.3 Å². The summed E-state index contributed by atoms with van der Waals surface area (Å²) in [6, 6.07) is 2.30. The van der Waals surface area contributed by atoms with E-state index in [1.54, 1.807) is 6.92 Å². The van der Waals surface area contributed by atoms with Gasteiger partial charge < -0.3 is 13.9 Å². The van der Waals surface area contributed by atoms with Crippen molar-refractivity contribution < 1.29 is 18.7 Å². The van der Waals surface area contributed by atoms with E-state index in [0.29, 0.717) is 24.1 Å². The van der Waals surface area contributed by atoms with Gasteiger partial charge in [0.25, 0.3) is 5.56 Å². The van der Waals surface area contributed by atoms with E-state index >= 15 is 0 Å². The highest BCUT2D eigenvalue weighted by Crippen LogP contribution is 2.40. The number of aromatic nitrogens is 2. The molecule has 0 aliphatic carbocycles. The van der Waals surface area contributed by atoms with Crippen molar-refractivity contribution in [1.29, 1.82) is 0 Å². The van der Waals surface area contributed by atoms with Crippen LogP contribution in [0.1, 0.15) is 51.8 Å². The molecule has 1 aromatic heterocycles. The molecule has 8 nitrogen and oxygen atoms in total. The largest absolute Gasteiger partial charge is 0.460 e. The third-order valence-electron chi connectivity index (χ3n) is 5.99. The van der Waals surface area contributed by atoms with Crippen molar-refractivity contribution in [2.24, 2.45) is 0 Å². The van der Waals surface area contributed by atoms with Gasteiger partial charge in [0.2, 0.25) is 0 Å². The van der Waals surface area contributed by atoms with Gasteiger partial charge in [0.05, 0.1) is 6.61 Å². The number of aryl methyl sites for hydroxylation is 1. The Hall–Kier alpha value is -1.71. The summed E-state index contributed by atoms with van der Waals surface area (Å²) in [6.07, 6.45) is 2.71. The second-order valence-electron chi connectivity index (χ2n) is 8.23. The number of nitrogens with zero attached hydrogens (tertiary/aromatic N) is 1. The first-order valence-electron chi connectivity index (χ1n) is 10.0. The molecule has 2 saturated heterocycles. The summed E-state index contributed by atoms with van der Waals surface area (Å²) >= 11 is 0. The number of carbonyl (C=O) groups excluding carboxylic acids is 1. The lowest BCUT2D eigenvalue weighted by Gasteiger charge is -2.32. The molecular formula is C19H30N2O6Si. The topological polar surface area (TPSA) is 99.6 Å². The monoisotopic (exact) mass is 410 g/mol. The first-order chi connectivity index (χ1) is 13.2. The van der Waals surface area contributed by atoms with Crippen LogP contribution in [0.2, 0.25) is 17.6 Å². The van der Waals surface area contributed by atoms with E-state index in [0.717, 1.165) is 12.1 Å². The van der Waals surface area contributed by atoms with E-state index in [9.17, 15) is 14.4 Å². The molecule has 1 N–H and O–H groups in total. The number of hydrogen-bond acceptors (Lipinski definition) is 6. The molecule has 2 fully saturated rings. The molecule has 0 spiro atoms. The van der Waals surface area contributed by atoms with E-state index < -0.39 is 38.0 Å². The molecule has 2 aliphatic rings. The maximum absolute atomic E-state index is 12.2. The van der Waals surface area contributed by atoms with Gasteiger partial charge in [-0.3, -0.25) is 19.1 Å². The SMILES string of the molecule is CC(=O)OC1C[C@@H](n2cc(C)c(=O)[nH]c2=O)O[C@H]1CO[Si]1(C(C)C)CCCC1. The van der Waals surface area contributed by atoms with Gasteiger partial charge in [-0.15, -0.1) is 0 Å². The summed E-state index contributed by atoms with van der Waals surface area (Å²) in [5.74, 6) is -0.388. The Morgan fingerprint density at radius 2 is 2.04 bits per heavy atom. The maximum atomic E-state index is 12.2. The average Bonchev–Trinajstić information content (AvgIpc) is 3.24. The van der Waals surface area contributed by atoms with Crippen LogP contribution in [0.3, 0.4) is 0 Å². The predicted molar refractivity (Wildman–Crippen MR) is 106 cm³/mol. The molecule has 0 aromatic carbocycles. The van der Waals surface area contributed by atoms with Crippen molar-refractivity contribution in [1.82, 2.24) is 9.55 Å². The lowest BCUT2D eigenvalue weighted by Crippen LogP contribution is -2.42. The highest BCUT2D eigenvalue weighted by Gasteiger charge is 2.45. The summed E-state index contributed by atoms with van der Waals surface area (Å²) in [5, 5.41) is 0. The third-order valence-corrected chi connectivity index (χ3v) is 11.2. The first kappa shape index (κ1) is 21.0. The van der Waals surface area contributed by atoms with E-state index in [1.165, 1.54) is 30.5 Å². The van der Waals surface area contributed by atoms with Crippen LogP contribution in [0.4, 0.5) is 0 Å². The Labute approximate surface area is 165 Å². The van der Waals surface area contributed by atoms with Gasteiger partial charge in [0.1, 0.15) is 18.4 Å². The minimum absolute atomic E-state index is 0.342. The van der Waals surface area contributed by atoms with Gasteiger partial charge >= 0.3 is 11.7 Å². The zero-order valence-corrected chi connectivity index (χ0v) is 18.0. The van der Waals surface area contributed by atoms with Crippen molar-refractivity contribution in [3.8, 4) is 0 Å². The second kappa shape index (κ2) is 8.34. The Morgan fingerprint density at radius 3 is 2.64 bits per heavy atom. The summed E-state index contributed by atoms with van der Waals surface area (Å²) in [4.78, 5) is 37.7. The van der Waals surface area contributed by atoms with Gasteiger partial charge in [-0.05, 0) is 24.6 Å². The number of nitrogens with one attached hydrogen (secondary N) is 1. The lowest BCUT2D eigenvalue weighted by molar-refractivity contribution is -0.150. The predicted octanol–water partition coefficient (Wildman–Crippen LogP) is 2.23. The smallest absolute Gasteiger partial charge is 0.330 e. The van der Waals surface area contributed by atoms with Gasteiger partial charge in [-0.2, -0.15) is 0 Å². The number of hydrogen-bond donors (Lipinski definition) is 1. The third kappa shape index (κ3) is 4.31. The molecule has 0 amide bonds. The van der Waals surface area contributed by atoms with Crippen LogP contribution < -0.4 is 11.2 Å². The Balaban J connectivity index is 1.78. The van der Waals surface area contributed by atoms with Crippen LogP contribution in [-0.2, 0) is 18.7 Å². The van der Waals surface area contributed by atoms with E-state index in [2.05, 4.69) is 18.8 Å². The number of H-pyrrole nitrogens is 1. The first-order valence-corrected chi connectivity index (χ1v) is 12.4. The highest BCUT2D eigenvalue weighted by molar-refractivity contribution is 6.75. The van der Waals surface area contributed by atoms with Crippen LogP contribution in [0.5, 0.6) is 0 Å². The number of ether oxygens (including phenoxy) is 2. The minimum Gasteiger partial charge on any atom is -0.460 e. The number of rotatable bonds is 6. The number of aromatic amines is 1. The molecule has 0 bridgehead atoms. The van der Waals surface area contributed by atoms with Gasteiger partial charge in [0, 0.05) is 25.1 Å². The Kier molecular flexibility index (Phi) is 6.26. The molecule has 1 unspecified atom stereocenters. The zero-order chi connectivity index (χ0) is 20.5. The van der Waals surface area contributed by atoms with Gasteiger partial charge in [0.15, 0.2) is 8.32 Å². The lowest BCUT2D eigenvalue weighted by atomic mass is 10.2. The summed E-state index contributed by atoms with van der Waals surface area (Å²) in [7, 11) is -1.81. The van der Waals surface area contributed by atoms with Crippen LogP contribution in [0, 0.1) is 6.92 Å². The van der Waals surface area contributed by atoms with E-state index in [4.69, 9.17) is 13.9 Å².